The summed E-state index contributed by atoms with van der Waals surface area (Å²) in [5.41, 5.74) is -4.43. The Kier molecular flexibility index (Phi) is 5.20. The lowest BCUT2D eigenvalue weighted by Crippen LogP contribution is -2.56. The second kappa shape index (κ2) is 7.45. The van der Waals surface area contributed by atoms with Crippen molar-refractivity contribution in [2.24, 2.45) is 11.8 Å². The number of alkyl carbamates (subject to hydrolysis) is 1. The Labute approximate surface area is 187 Å². The molecule has 3 aliphatic heterocycles. The second-order valence-electron chi connectivity index (χ2n) is 8.94. The third-order valence-electron chi connectivity index (χ3n) is 6.75. The summed E-state index contributed by atoms with van der Waals surface area (Å²) in [5, 5.41) is 11.7. The van der Waals surface area contributed by atoms with Crippen LogP contribution in [-0.4, -0.2) is 41.8 Å². The van der Waals surface area contributed by atoms with E-state index in [0.29, 0.717) is 12.5 Å². The van der Waals surface area contributed by atoms with Crippen molar-refractivity contribution >= 4 is 23.6 Å². The highest BCUT2D eigenvalue weighted by atomic mass is 19.4. The number of nitriles is 1. The molecule has 0 saturated carbocycles. The number of rotatable bonds is 4. The van der Waals surface area contributed by atoms with Gasteiger partial charge in [0.1, 0.15) is 0 Å². The lowest BCUT2D eigenvalue weighted by molar-refractivity contribution is -0.138. The number of hydrogen-bond donors (Lipinski definition) is 1. The predicted molar refractivity (Wildman–Crippen MR) is 107 cm³/mol. The third-order valence-corrected chi connectivity index (χ3v) is 6.75. The molecule has 5 unspecified atom stereocenters. The highest BCUT2D eigenvalue weighted by Crippen LogP contribution is 2.61. The number of halogens is 3. The van der Waals surface area contributed by atoms with Crippen LogP contribution in [0, 0.1) is 23.2 Å². The fourth-order valence-electron chi connectivity index (χ4n) is 5.39. The molecule has 3 aliphatic rings. The minimum Gasteiger partial charge on any atom is -0.450 e. The minimum atomic E-state index is -4.84. The van der Waals surface area contributed by atoms with Gasteiger partial charge in [0.15, 0.2) is 0 Å². The second-order valence-corrected chi connectivity index (χ2v) is 8.94. The highest BCUT2D eigenvalue weighted by Gasteiger charge is 2.76. The van der Waals surface area contributed by atoms with Crippen molar-refractivity contribution in [2.45, 2.75) is 57.0 Å². The first kappa shape index (κ1) is 23.0. The van der Waals surface area contributed by atoms with Gasteiger partial charge in [0, 0.05) is 6.42 Å². The number of nitrogens with one attached hydrogen (secondary N) is 1. The van der Waals surface area contributed by atoms with E-state index in [1.54, 1.807) is 13.8 Å². The minimum absolute atomic E-state index is 0.213. The van der Waals surface area contributed by atoms with Crippen molar-refractivity contribution in [2.75, 3.05) is 11.5 Å². The summed E-state index contributed by atoms with van der Waals surface area (Å²) >= 11 is 0. The highest BCUT2D eigenvalue weighted by molar-refractivity contribution is 6.23. The van der Waals surface area contributed by atoms with Crippen molar-refractivity contribution in [1.82, 2.24) is 5.32 Å². The molecule has 0 aliphatic carbocycles. The molecule has 1 N–H and O–H groups in total. The molecule has 0 radical (unpaired) electrons. The number of carbonyl (C=O) groups is 3. The van der Waals surface area contributed by atoms with Gasteiger partial charge in [-0.2, -0.15) is 18.4 Å². The fraction of sp³-hybridized carbons (Fsp3) is 0.545. The number of alkyl halides is 3. The van der Waals surface area contributed by atoms with E-state index in [2.05, 4.69) is 5.32 Å². The molecule has 176 valence electrons. The summed E-state index contributed by atoms with van der Waals surface area (Å²) in [6.07, 6.45) is -4.65. The first-order chi connectivity index (χ1) is 15.4. The van der Waals surface area contributed by atoms with Crippen LogP contribution in [0.25, 0.3) is 0 Å². The van der Waals surface area contributed by atoms with Crippen LogP contribution in [0.15, 0.2) is 18.2 Å². The van der Waals surface area contributed by atoms with Gasteiger partial charge in [-0.3, -0.25) is 9.59 Å². The molecule has 0 aromatic heterocycles. The van der Waals surface area contributed by atoms with Crippen LogP contribution in [0.4, 0.5) is 23.7 Å². The molecule has 8 nitrogen and oxygen atoms in total. The van der Waals surface area contributed by atoms with Crippen molar-refractivity contribution in [3.8, 4) is 6.07 Å². The fourth-order valence-corrected chi connectivity index (χ4v) is 5.39. The normalized spacial score (nSPS) is 32.6. The lowest BCUT2D eigenvalue weighted by atomic mass is 9.66. The van der Waals surface area contributed by atoms with Crippen LogP contribution in [0.2, 0.25) is 0 Å². The molecule has 3 heterocycles. The first-order valence-corrected chi connectivity index (χ1v) is 10.5. The number of fused-ring (bicyclic) bond motifs is 5. The Morgan fingerprint density at radius 2 is 1.97 bits per heavy atom. The summed E-state index contributed by atoms with van der Waals surface area (Å²) in [6, 6.07) is 3.58. The maximum Gasteiger partial charge on any atom is 0.417 e. The largest absolute Gasteiger partial charge is 0.450 e. The van der Waals surface area contributed by atoms with Crippen LogP contribution in [0.5, 0.6) is 0 Å². The van der Waals surface area contributed by atoms with Crippen molar-refractivity contribution in [3.05, 3.63) is 29.3 Å². The molecule has 33 heavy (non-hydrogen) atoms. The van der Waals surface area contributed by atoms with Crippen LogP contribution in [0.3, 0.4) is 0 Å². The number of amides is 3. The van der Waals surface area contributed by atoms with Gasteiger partial charge in [-0.15, -0.1) is 0 Å². The smallest absolute Gasteiger partial charge is 0.417 e. The van der Waals surface area contributed by atoms with E-state index in [0.717, 1.165) is 17.0 Å². The number of benzene rings is 1. The zero-order chi connectivity index (χ0) is 24.3. The Bertz CT molecular complexity index is 1080. The van der Waals surface area contributed by atoms with Crippen LogP contribution in [0.1, 0.15) is 44.7 Å². The molecule has 1 aromatic rings. The predicted octanol–water partition coefficient (Wildman–Crippen LogP) is 3.14. The number of nitrogens with zero attached hydrogens (tertiary/aromatic N) is 2. The summed E-state index contributed by atoms with van der Waals surface area (Å²) in [7, 11) is 0. The molecule has 3 fully saturated rings. The Hall–Kier alpha value is -3.13. The van der Waals surface area contributed by atoms with Gasteiger partial charge in [0.25, 0.3) is 0 Å². The van der Waals surface area contributed by atoms with Crippen molar-refractivity contribution < 1.29 is 37.0 Å². The molecular formula is C22H22F3N3O5. The van der Waals surface area contributed by atoms with E-state index >= 15 is 0 Å². The topological polar surface area (TPSA) is 109 Å². The standard InChI is InChI=1S/C22H22F3N3O5/c1-4-7-32-19(31)27-14-9-20(2)15-16(21(14,3)33-20)18(30)28(17(15)29)12-6-5-11(10-26)13(8-12)22(23,24)25/h5-6,8,14-16H,4,7,9H2,1-3H3,(H,27,31). The number of imide groups is 1. The van der Waals surface area contributed by atoms with Crippen molar-refractivity contribution in [3.63, 3.8) is 0 Å². The molecule has 0 spiro atoms. The van der Waals surface area contributed by atoms with Gasteiger partial charge < -0.3 is 14.8 Å². The lowest BCUT2D eigenvalue weighted by Gasteiger charge is -2.35. The first-order valence-electron chi connectivity index (χ1n) is 10.5. The summed E-state index contributed by atoms with van der Waals surface area (Å²) < 4.78 is 51.5. The van der Waals surface area contributed by atoms with Gasteiger partial charge in [-0.25, -0.2) is 9.69 Å². The molecule has 1 aromatic carbocycles. The van der Waals surface area contributed by atoms with Gasteiger partial charge in [-0.05, 0) is 38.5 Å². The SMILES string of the molecule is CCCOC(=O)NC1CC2(C)OC1(C)C1C(=O)N(c3ccc(C#N)c(C(F)(F)F)c3)C(=O)C12. The number of ether oxygens (including phenoxy) is 2. The zero-order valence-corrected chi connectivity index (χ0v) is 18.2. The van der Waals surface area contributed by atoms with Gasteiger partial charge in [0.2, 0.25) is 11.8 Å². The summed E-state index contributed by atoms with van der Waals surface area (Å²) in [6.45, 7) is 5.32. The third kappa shape index (κ3) is 3.35. The number of carbonyl (C=O) groups excluding carboxylic acids is 3. The van der Waals surface area contributed by atoms with Crippen LogP contribution < -0.4 is 10.2 Å². The maximum absolute atomic E-state index is 13.4. The van der Waals surface area contributed by atoms with Crippen LogP contribution in [-0.2, 0) is 25.2 Å². The number of hydrogen-bond acceptors (Lipinski definition) is 6. The van der Waals surface area contributed by atoms with Gasteiger partial charge >= 0.3 is 12.3 Å². The molecule has 3 saturated heterocycles. The van der Waals surface area contributed by atoms with Crippen molar-refractivity contribution in [1.29, 1.82) is 5.26 Å². The quantitative estimate of drug-likeness (QED) is 0.685. The van der Waals surface area contributed by atoms with E-state index < -0.39 is 64.3 Å². The average molecular weight is 465 g/mol. The Morgan fingerprint density at radius 3 is 2.58 bits per heavy atom. The van der Waals surface area contributed by atoms with E-state index in [-0.39, 0.29) is 18.7 Å². The van der Waals surface area contributed by atoms with E-state index in [1.165, 1.54) is 6.07 Å². The molecule has 3 amide bonds. The van der Waals surface area contributed by atoms with E-state index in [4.69, 9.17) is 14.7 Å². The summed E-state index contributed by atoms with van der Waals surface area (Å²) in [5.74, 6) is -3.28. The molecular weight excluding hydrogens is 443 g/mol. The summed E-state index contributed by atoms with van der Waals surface area (Å²) in [4.78, 5) is 39.5. The average Bonchev–Trinajstić information content (AvgIpc) is 3.26. The molecule has 4 rings (SSSR count). The molecule has 2 bridgehead atoms. The number of anilines is 1. The Morgan fingerprint density at radius 1 is 1.30 bits per heavy atom. The van der Waals surface area contributed by atoms with E-state index in [9.17, 15) is 27.6 Å². The zero-order valence-electron chi connectivity index (χ0n) is 18.2. The van der Waals surface area contributed by atoms with Crippen LogP contribution >= 0.6 is 0 Å². The maximum atomic E-state index is 13.4. The Balaban J connectivity index is 1.68. The molecule has 11 heteroatoms. The van der Waals surface area contributed by atoms with E-state index in [1.807, 2.05) is 6.92 Å². The molecule has 5 atom stereocenters. The van der Waals surface area contributed by atoms with Gasteiger partial charge in [-0.1, -0.05) is 6.92 Å². The monoisotopic (exact) mass is 465 g/mol. The van der Waals surface area contributed by atoms with Gasteiger partial charge in [0.05, 0.1) is 58.6 Å².